The molecular weight excluding hydrogens is 198 g/mol. The molecule has 16 heavy (non-hydrogen) atoms. The van der Waals surface area contributed by atoms with Crippen molar-refractivity contribution in [2.24, 2.45) is 5.92 Å². The summed E-state index contributed by atoms with van der Waals surface area (Å²) in [6.07, 6.45) is 10.8. The van der Waals surface area contributed by atoms with Crippen LogP contribution in [0.25, 0.3) is 0 Å². The zero-order chi connectivity index (χ0) is 11.2. The van der Waals surface area contributed by atoms with E-state index in [1.165, 1.54) is 32.2 Å². The Morgan fingerprint density at radius 1 is 1.50 bits per heavy atom. The average Bonchev–Trinajstić information content (AvgIpc) is 2.96. The Kier molecular flexibility index (Phi) is 4.40. The minimum absolute atomic E-state index is 0.600. The molecule has 1 saturated carbocycles. The Morgan fingerprint density at radius 3 is 3.06 bits per heavy atom. The fourth-order valence-corrected chi connectivity index (χ4v) is 2.01. The topological polar surface area (TPSA) is 29.9 Å². The van der Waals surface area contributed by atoms with Gasteiger partial charge in [0.2, 0.25) is 0 Å². The smallest absolute Gasteiger partial charge is 0.0489 e. The van der Waals surface area contributed by atoms with E-state index in [1.54, 1.807) is 0 Å². The Morgan fingerprint density at radius 2 is 2.38 bits per heavy atom. The van der Waals surface area contributed by atoms with Crippen molar-refractivity contribution in [3.8, 4) is 0 Å². The van der Waals surface area contributed by atoms with Crippen LogP contribution in [-0.2, 0) is 6.54 Å². The molecule has 0 radical (unpaired) electrons. The third-order valence-electron chi connectivity index (χ3n) is 3.33. The number of aryl methyl sites for hydroxylation is 1. The Labute approximate surface area is 98.2 Å². The van der Waals surface area contributed by atoms with Gasteiger partial charge in [-0.1, -0.05) is 12.8 Å². The van der Waals surface area contributed by atoms with Crippen LogP contribution in [0.3, 0.4) is 0 Å². The Hall–Kier alpha value is -0.830. The third kappa shape index (κ3) is 4.35. The van der Waals surface area contributed by atoms with Gasteiger partial charge in [-0.3, -0.25) is 4.68 Å². The lowest BCUT2D eigenvalue weighted by Crippen LogP contribution is -2.28. The van der Waals surface area contributed by atoms with Gasteiger partial charge in [0.05, 0.1) is 0 Å². The van der Waals surface area contributed by atoms with Crippen molar-refractivity contribution in [3.05, 3.63) is 18.5 Å². The van der Waals surface area contributed by atoms with Crippen LogP contribution in [0.4, 0.5) is 0 Å². The molecule has 2 rings (SSSR count). The first-order valence-electron chi connectivity index (χ1n) is 6.55. The number of nitrogens with one attached hydrogen (secondary N) is 1. The molecule has 0 aliphatic heterocycles. The zero-order valence-electron chi connectivity index (χ0n) is 10.2. The number of hydrogen-bond donors (Lipinski definition) is 1. The van der Waals surface area contributed by atoms with Gasteiger partial charge in [-0.2, -0.15) is 5.10 Å². The molecule has 1 aromatic heterocycles. The molecule has 1 unspecified atom stereocenters. The summed E-state index contributed by atoms with van der Waals surface area (Å²) >= 11 is 0. The van der Waals surface area contributed by atoms with Gasteiger partial charge < -0.3 is 5.32 Å². The summed E-state index contributed by atoms with van der Waals surface area (Å²) in [5, 5.41) is 7.79. The summed E-state index contributed by atoms with van der Waals surface area (Å²) in [5.74, 6) is 1.07. The molecule has 0 saturated heterocycles. The monoisotopic (exact) mass is 221 g/mol. The van der Waals surface area contributed by atoms with E-state index in [0.717, 1.165) is 18.9 Å². The van der Waals surface area contributed by atoms with E-state index in [0.29, 0.717) is 6.04 Å². The fraction of sp³-hybridized carbons (Fsp3) is 0.769. The standard InChI is InChI=1S/C13H23N3/c1-12(7-11-16-10-3-9-15-16)14-8-2-4-13-5-6-13/h3,9-10,12-14H,2,4-8,11H2,1H3. The quantitative estimate of drug-likeness (QED) is 0.683. The molecule has 0 bridgehead atoms. The molecule has 1 heterocycles. The van der Waals surface area contributed by atoms with Gasteiger partial charge >= 0.3 is 0 Å². The predicted molar refractivity (Wildman–Crippen MR) is 66.3 cm³/mol. The molecule has 1 fully saturated rings. The van der Waals surface area contributed by atoms with Crippen LogP contribution in [0.1, 0.15) is 39.0 Å². The van der Waals surface area contributed by atoms with Crippen LogP contribution in [0.5, 0.6) is 0 Å². The highest BCUT2D eigenvalue weighted by Crippen LogP contribution is 2.33. The summed E-state index contributed by atoms with van der Waals surface area (Å²) in [7, 11) is 0. The van der Waals surface area contributed by atoms with E-state index in [4.69, 9.17) is 0 Å². The van der Waals surface area contributed by atoms with Crippen LogP contribution in [0, 0.1) is 5.92 Å². The largest absolute Gasteiger partial charge is 0.314 e. The van der Waals surface area contributed by atoms with E-state index in [9.17, 15) is 0 Å². The second-order valence-electron chi connectivity index (χ2n) is 5.00. The molecule has 0 aromatic carbocycles. The first-order chi connectivity index (χ1) is 7.84. The molecular formula is C13H23N3. The van der Waals surface area contributed by atoms with Crippen molar-refractivity contribution in [3.63, 3.8) is 0 Å². The fourth-order valence-electron chi connectivity index (χ4n) is 2.01. The van der Waals surface area contributed by atoms with Crippen LogP contribution < -0.4 is 5.32 Å². The van der Waals surface area contributed by atoms with E-state index in [2.05, 4.69) is 17.3 Å². The molecule has 1 aromatic rings. The van der Waals surface area contributed by atoms with Crippen molar-refractivity contribution in [2.75, 3.05) is 6.54 Å². The number of hydrogen-bond acceptors (Lipinski definition) is 2. The van der Waals surface area contributed by atoms with E-state index in [-0.39, 0.29) is 0 Å². The van der Waals surface area contributed by atoms with Gasteiger partial charge in [-0.15, -0.1) is 0 Å². The van der Waals surface area contributed by atoms with Gasteiger partial charge in [-0.25, -0.2) is 0 Å². The second-order valence-corrected chi connectivity index (χ2v) is 5.00. The Bertz CT molecular complexity index is 277. The van der Waals surface area contributed by atoms with E-state index in [1.807, 2.05) is 23.1 Å². The maximum absolute atomic E-state index is 4.21. The van der Waals surface area contributed by atoms with Gasteiger partial charge in [0.25, 0.3) is 0 Å². The molecule has 3 nitrogen and oxygen atoms in total. The first-order valence-corrected chi connectivity index (χ1v) is 6.55. The van der Waals surface area contributed by atoms with Crippen LogP contribution >= 0.6 is 0 Å². The second kappa shape index (κ2) is 6.04. The molecule has 1 atom stereocenters. The third-order valence-corrected chi connectivity index (χ3v) is 3.33. The number of aromatic nitrogens is 2. The van der Waals surface area contributed by atoms with Crippen LogP contribution in [0.15, 0.2) is 18.5 Å². The minimum Gasteiger partial charge on any atom is -0.314 e. The van der Waals surface area contributed by atoms with Crippen LogP contribution in [-0.4, -0.2) is 22.4 Å². The van der Waals surface area contributed by atoms with Gasteiger partial charge in [0, 0.05) is 25.0 Å². The van der Waals surface area contributed by atoms with E-state index >= 15 is 0 Å². The Balaban J connectivity index is 1.48. The summed E-state index contributed by atoms with van der Waals surface area (Å²) in [6.45, 7) is 4.46. The maximum atomic E-state index is 4.21. The van der Waals surface area contributed by atoms with Gasteiger partial charge in [-0.05, 0) is 44.7 Å². The molecule has 0 spiro atoms. The van der Waals surface area contributed by atoms with Crippen molar-refractivity contribution < 1.29 is 0 Å². The predicted octanol–water partition coefficient (Wildman–Crippen LogP) is 2.44. The van der Waals surface area contributed by atoms with Crippen molar-refractivity contribution in [2.45, 2.75) is 51.6 Å². The lowest BCUT2D eigenvalue weighted by molar-refractivity contribution is 0.449. The molecule has 0 amide bonds. The molecule has 3 heteroatoms. The molecule has 1 aliphatic rings. The van der Waals surface area contributed by atoms with Crippen molar-refractivity contribution in [1.29, 1.82) is 0 Å². The summed E-state index contributed by atoms with van der Waals surface area (Å²) in [6, 6.07) is 2.58. The average molecular weight is 221 g/mol. The lowest BCUT2D eigenvalue weighted by atomic mass is 10.2. The summed E-state index contributed by atoms with van der Waals surface area (Å²) < 4.78 is 2.00. The summed E-state index contributed by atoms with van der Waals surface area (Å²) in [4.78, 5) is 0. The first kappa shape index (κ1) is 11.6. The molecule has 90 valence electrons. The van der Waals surface area contributed by atoms with Crippen molar-refractivity contribution >= 4 is 0 Å². The zero-order valence-corrected chi connectivity index (χ0v) is 10.2. The highest BCUT2D eigenvalue weighted by atomic mass is 15.3. The van der Waals surface area contributed by atoms with Crippen LogP contribution in [0.2, 0.25) is 0 Å². The van der Waals surface area contributed by atoms with Crippen molar-refractivity contribution in [1.82, 2.24) is 15.1 Å². The maximum Gasteiger partial charge on any atom is 0.0489 e. The number of nitrogens with zero attached hydrogens (tertiary/aromatic N) is 2. The lowest BCUT2D eigenvalue weighted by Gasteiger charge is -2.13. The molecule has 1 aliphatic carbocycles. The SMILES string of the molecule is CC(CCn1cccn1)NCCCC1CC1. The normalized spacial score (nSPS) is 17.6. The van der Waals surface area contributed by atoms with Gasteiger partial charge in [0.1, 0.15) is 0 Å². The van der Waals surface area contributed by atoms with Gasteiger partial charge in [0.15, 0.2) is 0 Å². The number of rotatable bonds is 8. The van der Waals surface area contributed by atoms with E-state index < -0.39 is 0 Å². The highest BCUT2D eigenvalue weighted by Gasteiger charge is 2.19. The summed E-state index contributed by atoms with van der Waals surface area (Å²) in [5.41, 5.74) is 0. The molecule has 1 N–H and O–H groups in total. The minimum atomic E-state index is 0.600. The highest BCUT2D eigenvalue weighted by molar-refractivity contribution is 4.78.